The molecular weight excluding hydrogens is 336 g/mol. The summed E-state index contributed by atoms with van der Waals surface area (Å²) in [5.41, 5.74) is 6.45. The average Bonchev–Trinajstić information content (AvgIpc) is 2.45. The van der Waals surface area contributed by atoms with Crippen LogP contribution in [-0.4, -0.2) is 23.0 Å². The number of rotatable bonds is 4. The van der Waals surface area contributed by atoms with Crippen LogP contribution in [-0.2, 0) is 4.79 Å². The summed E-state index contributed by atoms with van der Waals surface area (Å²) >= 11 is 3.28. The Morgan fingerprint density at radius 3 is 2.52 bits per heavy atom. The SMILES string of the molecule is Nc1cc(Br)ccc1C(=O)N[C@H](C(=O)O)C1CCCCC1. The number of carboxylic acid groups (broad SMARTS) is 1. The lowest BCUT2D eigenvalue weighted by Crippen LogP contribution is -2.46. The standard InChI is InChI=1S/C15H19BrN2O3/c16-10-6-7-11(12(17)8-10)14(19)18-13(15(20)21)9-4-2-1-3-5-9/h6-9,13H,1-5,17H2,(H,18,19)(H,20,21)/t13-/m0/s1. The molecular formula is C15H19BrN2O3. The van der Waals surface area contributed by atoms with Gasteiger partial charge in [-0.1, -0.05) is 35.2 Å². The van der Waals surface area contributed by atoms with Crippen molar-refractivity contribution >= 4 is 33.5 Å². The van der Waals surface area contributed by atoms with Gasteiger partial charge in [0.15, 0.2) is 0 Å². The second-order valence-corrected chi connectivity index (χ2v) is 6.33. The maximum absolute atomic E-state index is 12.3. The van der Waals surface area contributed by atoms with E-state index < -0.39 is 17.9 Å². The summed E-state index contributed by atoms with van der Waals surface area (Å²) in [5, 5.41) is 12.0. The number of nitrogen functional groups attached to an aromatic ring is 1. The summed E-state index contributed by atoms with van der Waals surface area (Å²) in [6, 6.07) is 4.09. The van der Waals surface area contributed by atoms with Gasteiger partial charge in [-0.3, -0.25) is 4.79 Å². The van der Waals surface area contributed by atoms with Gasteiger partial charge in [-0.25, -0.2) is 4.79 Å². The molecule has 2 rings (SSSR count). The van der Waals surface area contributed by atoms with Crippen LogP contribution in [0, 0.1) is 5.92 Å². The van der Waals surface area contributed by atoms with Crippen molar-refractivity contribution in [2.45, 2.75) is 38.1 Å². The summed E-state index contributed by atoms with van der Waals surface area (Å²) in [5.74, 6) is -1.42. The van der Waals surface area contributed by atoms with Gasteiger partial charge in [-0.05, 0) is 37.0 Å². The maximum atomic E-state index is 12.3. The Labute approximate surface area is 132 Å². The third-order valence-corrected chi connectivity index (χ3v) is 4.43. The molecule has 0 radical (unpaired) electrons. The number of nitrogens with two attached hydrogens (primary N) is 1. The van der Waals surface area contributed by atoms with Crippen molar-refractivity contribution in [1.29, 1.82) is 0 Å². The second-order valence-electron chi connectivity index (χ2n) is 5.42. The van der Waals surface area contributed by atoms with Crippen LogP contribution in [0.15, 0.2) is 22.7 Å². The lowest BCUT2D eigenvalue weighted by Gasteiger charge is -2.28. The van der Waals surface area contributed by atoms with Crippen molar-refractivity contribution in [2.24, 2.45) is 5.92 Å². The van der Waals surface area contributed by atoms with Crippen LogP contribution in [0.2, 0.25) is 0 Å². The number of carbonyl (C=O) groups excluding carboxylic acids is 1. The Bertz CT molecular complexity index is 542. The molecule has 0 heterocycles. The van der Waals surface area contributed by atoms with Gasteiger partial charge < -0.3 is 16.2 Å². The van der Waals surface area contributed by atoms with E-state index in [2.05, 4.69) is 21.2 Å². The van der Waals surface area contributed by atoms with Gasteiger partial charge in [0.05, 0.1) is 5.56 Å². The number of carboxylic acids is 1. The maximum Gasteiger partial charge on any atom is 0.326 e. The second kappa shape index (κ2) is 6.93. The molecule has 21 heavy (non-hydrogen) atoms. The van der Waals surface area contributed by atoms with Gasteiger partial charge in [-0.2, -0.15) is 0 Å². The Hall–Kier alpha value is -1.56. The summed E-state index contributed by atoms with van der Waals surface area (Å²) < 4.78 is 0.776. The normalized spacial score (nSPS) is 17.2. The zero-order chi connectivity index (χ0) is 15.4. The zero-order valence-electron chi connectivity index (χ0n) is 11.6. The highest BCUT2D eigenvalue weighted by Gasteiger charge is 2.31. The van der Waals surface area contributed by atoms with Gasteiger partial charge in [-0.15, -0.1) is 0 Å². The van der Waals surface area contributed by atoms with Crippen molar-refractivity contribution in [3.8, 4) is 0 Å². The number of nitrogens with one attached hydrogen (secondary N) is 1. The molecule has 0 aromatic heterocycles. The van der Waals surface area contributed by atoms with Gasteiger partial charge in [0, 0.05) is 10.2 Å². The Kier molecular flexibility index (Phi) is 5.22. The molecule has 5 nitrogen and oxygen atoms in total. The number of amides is 1. The number of hydrogen-bond donors (Lipinski definition) is 3. The van der Waals surface area contributed by atoms with Crippen LogP contribution >= 0.6 is 15.9 Å². The van der Waals surface area contributed by atoms with Crippen molar-refractivity contribution in [3.63, 3.8) is 0 Å². The predicted octanol–water partition coefficient (Wildman–Crippen LogP) is 2.79. The minimum Gasteiger partial charge on any atom is -0.480 e. The van der Waals surface area contributed by atoms with Crippen LogP contribution in [0.3, 0.4) is 0 Å². The van der Waals surface area contributed by atoms with Crippen LogP contribution in [0.5, 0.6) is 0 Å². The topological polar surface area (TPSA) is 92.4 Å². The van der Waals surface area contributed by atoms with E-state index in [1.165, 1.54) is 0 Å². The number of aliphatic carboxylic acids is 1. The fourth-order valence-electron chi connectivity index (χ4n) is 2.81. The van der Waals surface area contributed by atoms with Gasteiger partial charge in [0.25, 0.3) is 5.91 Å². The minimum atomic E-state index is -0.981. The van der Waals surface area contributed by atoms with Crippen molar-refractivity contribution < 1.29 is 14.7 Å². The Morgan fingerprint density at radius 1 is 1.29 bits per heavy atom. The number of halogens is 1. The van der Waals surface area contributed by atoms with Crippen LogP contribution in [0.4, 0.5) is 5.69 Å². The van der Waals surface area contributed by atoms with Crippen LogP contribution in [0.1, 0.15) is 42.5 Å². The summed E-state index contributed by atoms with van der Waals surface area (Å²) in [7, 11) is 0. The Balaban J connectivity index is 2.12. The molecule has 1 aliphatic rings. The Morgan fingerprint density at radius 2 is 1.95 bits per heavy atom. The monoisotopic (exact) mass is 354 g/mol. The van der Waals surface area contributed by atoms with E-state index in [9.17, 15) is 14.7 Å². The molecule has 1 aromatic carbocycles. The summed E-state index contributed by atoms with van der Waals surface area (Å²) in [4.78, 5) is 23.7. The molecule has 1 aliphatic carbocycles. The first-order chi connectivity index (χ1) is 9.99. The molecule has 1 amide bonds. The third-order valence-electron chi connectivity index (χ3n) is 3.93. The first-order valence-corrected chi connectivity index (χ1v) is 7.87. The highest BCUT2D eigenvalue weighted by Crippen LogP contribution is 2.27. The first kappa shape index (κ1) is 15.8. The largest absolute Gasteiger partial charge is 0.480 e. The highest BCUT2D eigenvalue weighted by atomic mass is 79.9. The minimum absolute atomic E-state index is 0.00290. The first-order valence-electron chi connectivity index (χ1n) is 7.07. The average molecular weight is 355 g/mol. The quantitative estimate of drug-likeness (QED) is 0.724. The fraction of sp³-hybridized carbons (Fsp3) is 0.467. The molecule has 4 N–H and O–H groups in total. The molecule has 0 bridgehead atoms. The fourth-order valence-corrected chi connectivity index (χ4v) is 3.19. The number of anilines is 1. The number of carbonyl (C=O) groups is 2. The van der Waals surface area contributed by atoms with Gasteiger partial charge in [0.2, 0.25) is 0 Å². The van der Waals surface area contributed by atoms with E-state index in [0.717, 1.165) is 36.6 Å². The van der Waals surface area contributed by atoms with E-state index >= 15 is 0 Å². The number of benzene rings is 1. The van der Waals surface area contributed by atoms with E-state index in [0.29, 0.717) is 11.3 Å². The van der Waals surface area contributed by atoms with Gasteiger partial charge in [0.1, 0.15) is 6.04 Å². The van der Waals surface area contributed by atoms with E-state index in [4.69, 9.17) is 5.73 Å². The molecule has 0 spiro atoms. The van der Waals surface area contributed by atoms with Crippen LogP contribution < -0.4 is 11.1 Å². The van der Waals surface area contributed by atoms with E-state index in [-0.39, 0.29) is 5.92 Å². The van der Waals surface area contributed by atoms with Gasteiger partial charge >= 0.3 is 5.97 Å². The third kappa shape index (κ3) is 3.97. The summed E-state index contributed by atoms with van der Waals surface area (Å²) in [6.45, 7) is 0. The van der Waals surface area contributed by atoms with Crippen molar-refractivity contribution in [3.05, 3.63) is 28.2 Å². The lowest BCUT2D eigenvalue weighted by atomic mass is 9.84. The summed E-state index contributed by atoms with van der Waals surface area (Å²) in [6.07, 6.45) is 4.85. The molecule has 6 heteroatoms. The molecule has 1 fully saturated rings. The molecule has 1 aromatic rings. The highest BCUT2D eigenvalue weighted by molar-refractivity contribution is 9.10. The molecule has 1 saturated carbocycles. The predicted molar refractivity (Wildman–Crippen MR) is 84.0 cm³/mol. The zero-order valence-corrected chi connectivity index (χ0v) is 13.2. The molecule has 0 unspecified atom stereocenters. The molecule has 0 aliphatic heterocycles. The molecule has 1 atom stereocenters. The van der Waals surface area contributed by atoms with Crippen molar-refractivity contribution in [1.82, 2.24) is 5.32 Å². The van der Waals surface area contributed by atoms with Crippen LogP contribution in [0.25, 0.3) is 0 Å². The molecule has 0 saturated heterocycles. The number of hydrogen-bond acceptors (Lipinski definition) is 3. The lowest BCUT2D eigenvalue weighted by molar-refractivity contribution is -0.141. The van der Waals surface area contributed by atoms with E-state index in [1.807, 2.05) is 0 Å². The smallest absolute Gasteiger partial charge is 0.326 e. The van der Waals surface area contributed by atoms with E-state index in [1.54, 1.807) is 18.2 Å². The molecule has 114 valence electrons. The van der Waals surface area contributed by atoms with Crippen molar-refractivity contribution in [2.75, 3.05) is 5.73 Å².